The van der Waals surface area contributed by atoms with Crippen LogP contribution in [-0.4, -0.2) is 20.3 Å². The zero-order valence-electron chi connectivity index (χ0n) is 10.4. The zero-order chi connectivity index (χ0) is 12.8. The van der Waals surface area contributed by atoms with Gasteiger partial charge < -0.3 is 15.2 Å². The number of hydrogen-bond donors (Lipinski definition) is 1. The van der Waals surface area contributed by atoms with E-state index in [2.05, 4.69) is 12.1 Å². The Morgan fingerprint density at radius 2 is 1.72 bits per heavy atom. The highest BCUT2D eigenvalue weighted by atomic mass is 16.5. The van der Waals surface area contributed by atoms with Crippen LogP contribution in [0.15, 0.2) is 48.5 Å². The fourth-order valence-corrected chi connectivity index (χ4v) is 1.70. The van der Waals surface area contributed by atoms with Crippen LogP contribution in [0.25, 0.3) is 11.1 Å². The zero-order valence-corrected chi connectivity index (χ0v) is 10.4. The molecule has 0 aromatic heterocycles. The van der Waals surface area contributed by atoms with Crippen molar-refractivity contribution in [1.29, 1.82) is 0 Å². The first-order valence-electron chi connectivity index (χ1n) is 5.88. The highest BCUT2D eigenvalue weighted by molar-refractivity contribution is 5.69. The van der Waals surface area contributed by atoms with E-state index in [-0.39, 0.29) is 0 Å². The lowest BCUT2D eigenvalue weighted by molar-refractivity contribution is 0.147. The molecule has 0 saturated carbocycles. The average molecular weight is 243 g/mol. The number of benzene rings is 2. The van der Waals surface area contributed by atoms with Crippen molar-refractivity contribution in [1.82, 2.24) is 0 Å². The molecule has 94 valence electrons. The van der Waals surface area contributed by atoms with Gasteiger partial charge in [-0.15, -0.1) is 0 Å². The topological polar surface area (TPSA) is 44.5 Å². The molecule has 0 amide bonds. The van der Waals surface area contributed by atoms with Gasteiger partial charge in [0, 0.05) is 7.11 Å². The van der Waals surface area contributed by atoms with Crippen LogP contribution in [0.2, 0.25) is 0 Å². The smallest absolute Gasteiger partial charge is 0.142 e. The number of nitrogen functional groups attached to an aromatic ring is 1. The lowest BCUT2D eigenvalue weighted by atomic mass is 10.1. The third kappa shape index (κ3) is 3.02. The fraction of sp³-hybridized carbons (Fsp3) is 0.200. The van der Waals surface area contributed by atoms with Gasteiger partial charge in [0.2, 0.25) is 0 Å². The van der Waals surface area contributed by atoms with Gasteiger partial charge in [-0.3, -0.25) is 0 Å². The molecule has 0 fully saturated rings. The average Bonchev–Trinajstić information content (AvgIpc) is 2.42. The molecule has 0 heterocycles. The van der Waals surface area contributed by atoms with Crippen molar-refractivity contribution in [2.45, 2.75) is 0 Å². The maximum absolute atomic E-state index is 5.88. The minimum Gasteiger partial charge on any atom is -0.489 e. The van der Waals surface area contributed by atoms with Crippen molar-refractivity contribution in [2.24, 2.45) is 0 Å². The van der Waals surface area contributed by atoms with Gasteiger partial charge in [-0.1, -0.05) is 36.4 Å². The van der Waals surface area contributed by atoms with Gasteiger partial charge in [0.15, 0.2) is 0 Å². The molecule has 0 unspecified atom stereocenters. The third-order valence-electron chi connectivity index (χ3n) is 2.67. The molecule has 3 nitrogen and oxygen atoms in total. The van der Waals surface area contributed by atoms with E-state index >= 15 is 0 Å². The summed E-state index contributed by atoms with van der Waals surface area (Å²) in [5.41, 5.74) is 8.77. The summed E-state index contributed by atoms with van der Waals surface area (Å²) in [6, 6.07) is 16.0. The summed E-state index contributed by atoms with van der Waals surface area (Å²) in [4.78, 5) is 0. The van der Waals surface area contributed by atoms with E-state index in [4.69, 9.17) is 15.2 Å². The Kier molecular flexibility index (Phi) is 4.20. The quantitative estimate of drug-likeness (QED) is 0.648. The Bertz CT molecular complexity index is 497. The van der Waals surface area contributed by atoms with E-state index in [1.165, 1.54) is 0 Å². The molecule has 2 aromatic carbocycles. The molecule has 0 saturated heterocycles. The highest BCUT2D eigenvalue weighted by Gasteiger charge is 2.04. The second-order valence-corrected chi connectivity index (χ2v) is 3.96. The van der Waals surface area contributed by atoms with Gasteiger partial charge >= 0.3 is 0 Å². The summed E-state index contributed by atoms with van der Waals surface area (Å²) in [7, 11) is 1.65. The molecule has 2 N–H and O–H groups in total. The van der Waals surface area contributed by atoms with Crippen LogP contribution < -0.4 is 10.5 Å². The van der Waals surface area contributed by atoms with Crippen molar-refractivity contribution in [3.8, 4) is 16.9 Å². The van der Waals surface area contributed by atoms with Crippen LogP contribution in [0.1, 0.15) is 0 Å². The summed E-state index contributed by atoms with van der Waals surface area (Å²) >= 11 is 0. The van der Waals surface area contributed by atoms with E-state index in [1.54, 1.807) is 7.11 Å². The summed E-state index contributed by atoms with van der Waals surface area (Å²) in [5, 5.41) is 0. The Morgan fingerprint density at radius 3 is 2.44 bits per heavy atom. The monoisotopic (exact) mass is 243 g/mol. The largest absolute Gasteiger partial charge is 0.489 e. The predicted molar refractivity (Wildman–Crippen MR) is 73.7 cm³/mol. The molecular weight excluding hydrogens is 226 g/mol. The van der Waals surface area contributed by atoms with Crippen LogP contribution in [-0.2, 0) is 4.74 Å². The number of ether oxygens (including phenoxy) is 2. The number of rotatable bonds is 5. The molecule has 2 rings (SSSR count). The van der Waals surface area contributed by atoms with Crippen LogP contribution >= 0.6 is 0 Å². The Labute approximate surface area is 107 Å². The van der Waals surface area contributed by atoms with Crippen LogP contribution in [0.4, 0.5) is 5.69 Å². The SMILES string of the molecule is COCCOc1cc(-c2ccccc2)ccc1N. The molecule has 18 heavy (non-hydrogen) atoms. The van der Waals surface area contributed by atoms with E-state index in [1.807, 2.05) is 36.4 Å². The summed E-state index contributed by atoms with van der Waals surface area (Å²) < 4.78 is 10.5. The first-order chi connectivity index (χ1) is 8.81. The fourth-order valence-electron chi connectivity index (χ4n) is 1.70. The molecule has 0 bridgehead atoms. The van der Waals surface area contributed by atoms with Gasteiger partial charge in [-0.25, -0.2) is 0 Å². The Balaban J connectivity index is 2.21. The number of methoxy groups -OCH3 is 1. The molecule has 0 aliphatic carbocycles. The highest BCUT2D eigenvalue weighted by Crippen LogP contribution is 2.28. The van der Waals surface area contributed by atoms with Gasteiger partial charge in [0.05, 0.1) is 12.3 Å². The van der Waals surface area contributed by atoms with Crippen LogP contribution in [0.3, 0.4) is 0 Å². The molecule has 0 aliphatic heterocycles. The van der Waals surface area contributed by atoms with Crippen molar-refractivity contribution in [2.75, 3.05) is 26.1 Å². The van der Waals surface area contributed by atoms with Gasteiger partial charge in [-0.2, -0.15) is 0 Å². The van der Waals surface area contributed by atoms with Gasteiger partial charge in [-0.05, 0) is 23.3 Å². The predicted octanol–water partition coefficient (Wildman–Crippen LogP) is 2.96. The van der Waals surface area contributed by atoms with Crippen molar-refractivity contribution >= 4 is 5.69 Å². The third-order valence-corrected chi connectivity index (χ3v) is 2.67. The summed E-state index contributed by atoms with van der Waals surface area (Å²) in [6.45, 7) is 1.05. The maximum atomic E-state index is 5.88. The standard InChI is InChI=1S/C15H17NO2/c1-17-9-10-18-15-11-13(7-8-14(15)16)12-5-3-2-4-6-12/h2-8,11H,9-10,16H2,1H3. The molecule has 0 spiro atoms. The molecule has 2 aromatic rings. The molecular formula is C15H17NO2. The van der Waals surface area contributed by atoms with Crippen LogP contribution in [0, 0.1) is 0 Å². The second kappa shape index (κ2) is 6.07. The Morgan fingerprint density at radius 1 is 0.944 bits per heavy atom. The van der Waals surface area contributed by atoms with E-state index in [0.717, 1.165) is 11.1 Å². The number of hydrogen-bond acceptors (Lipinski definition) is 3. The molecule has 0 atom stereocenters. The van der Waals surface area contributed by atoms with Crippen molar-refractivity contribution in [3.63, 3.8) is 0 Å². The van der Waals surface area contributed by atoms with Crippen molar-refractivity contribution in [3.05, 3.63) is 48.5 Å². The molecule has 3 heteroatoms. The normalized spacial score (nSPS) is 10.3. The first-order valence-corrected chi connectivity index (χ1v) is 5.88. The number of anilines is 1. The first kappa shape index (κ1) is 12.5. The van der Waals surface area contributed by atoms with Crippen molar-refractivity contribution < 1.29 is 9.47 Å². The minimum atomic E-state index is 0.499. The summed E-state index contributed by atoms with van der Waals surface area (Å²) in [5.74, 6) is 0.702. The van der Waals surface area contributed by atoms with Gasteiger partial charge in [0.1, 0.15) is 12.4 Å². The van der Waals surface area contributed by atoms with Gasteiger partial charge in [0.25, 0.3) is 0 Å². The lowest BCUT2D eigenvalue weighted by Crippen LogP contribution is -2.05. The van der Waals surface area contributed by atoms with E-state index in [0.29, 0.717) is 24.7 Å². The molecule has 0 radical (unpaired) electrons. The second-order valence-electron chi connectivity index (χ2n) is 3.96. The number of nitrogens with two attached hydrogens (primary N) is 1. The minimum absolute atomic E-state index is 0.499. The maximum Gasteiger partial charge on any atom is 0.142 e. The van der Waals surface area contributed by atoms with Crippen LogP contribution in [0.5, 0.6) is 5.75 Å². The molecule has 0 aliphatic rings. The summed E-state index contributed by atoms with van der Waals surface area (Å²) in [6.07, 6.45) is 0. The Hall–Kier alpha value is -2.00. The van der Waals surface area contributed by atoms with E-state index in [9.17, 15) is 0 Å². The lowest BCUT2D eigenvalue weighted by Gasteiger charge is -2.10. The van der Waals surface area contributed by atoms with E-state index < -0.39 is 0 Å².